The molecule has 3 rings (SSSR count). The second-order valence-electron chi connectivity index (χ2n) is 6.09. The minimum atomic E-state index is -0.0857. The lowest BCUT2D eigenvalue weighted by Gasteiger charge is -2.13. The first-order chi connectivity index (χ1) is 12.0. The summed E-state index contributed by atoms with van der Waals surface area (Å²) in [7, 11) is 3.22. The number of aromatic amines is 1. The molecule has 2 N–H and O–H groups in total. The van der Waals surface area contributed by atoms with Gasteiger partial charge < -0.3 is 19.8 Å². The van der Waals surface area contributed by atoms with Crippen LogP contribution in [0.5, 0.6) is 11.5 Å². The van der Waals surface area contributed by atoms with Crippen LogP contribution in [-0.2, 0) is 6.54 Å². The Hall–Kier alpha value is -2.95. The molecule has 0 radical (unpaired) electrons. The van der Waals surface area contributed by atoms with Gasteiger partial charge in [0.1, 0.15) is 11.5 Å². The third kappa shape index (κ3) is 3.45. The molecule has 0 atom stereocenters. The Kier molecular flexibility index (Phi) is 4.65. The maximum atomic E-state index is 12.4. The van der Waals surface area contributed by atoms with Gasteiger partial charge in [-0.15, -0.1) is 0 Å². The number of ether oxygens (including phenoxy) is 2. The third-order valence-corrected chi connectivity index (χ3v) is 4.27. The van der Waals surface area contributed by atoms with Crippen molar-refractivity contribution in [2.24, 2.45) is 0 Å². The predicted octanol–water partition coefficient (Wildman–Crippen LogP) is 3.77. The molecule has 0 aliphatic rings. The maximum Gasteiger partial charge on any atom is 0.253 e. The number of rotatable bonds is 5. The number of benzene rings is 2. The first-order valence-electron chi connectivity index (χ1n) is 8.11. The van der Waals surface area contributed by atoms with E-state index in [4.69, 9.17) is 9.47 Å². The van der Waals surface area contributed by atoms with Crippen molar-refractivity contribution in [3.8, 4) is 11.5 Å². The standard InChI is InChI=1S/C20H22N2O3/c1-12-7-13(2)16-9-14(20(23)22-18(16)8-12)11-21-17-6-5-15(24-3)10-19(17)25-4/h5-10,21H,11H2,1-4H3,(H,22,23). The molecule has 5 nitrogen and oxygen atoms in total. The molecule has 0 bridgehead atoms. The van der Waals surface area contributed by atoms with E-state index in [0.29, 0.717) is 17.9 Å². The van der Waals surface area contributed by atoms with E-state index in [0.717, 1.165) is 33.5 Å². The lowest BCUT2D eigenvalue weighted by atomic mass is 10.0. The van der Waals surface area contributed by atoms with Crippen LogP contribution in [0.1, 0.15) is 16.7 Å². The molecule has 0 unspecified atom stereocenters. The molecule has 1 aromatic heterocycles. The summed E-state index contributed by atoms with van der Waals surface area (Å²) in [5.74, 6) is 1.39. The van der Waals surface area contributed by atoms with Crippen molar-refractivity contribution >= 4 is 16.6 Å². The average molecular weight is 338 g/mol. The fourth-order valence-corrected chi connectivity index (χ4v) is 2.98. The second-order valence-corrected chi connectivity index (χ2v) is 6.09. The first kappa shape index (κ1) is 16.9. The third-order valence-electron chi connectivity index (χ3n) is 4.27. The highest BCUT2D eigenvalue weighted by molar-refractivity contribution is 5.83. The van der Waals surface area contributed by atoms with E-state index in [-0.39, 0.29) is 5.56 Å². The fraction of sp³-hybridized carbons (Fsp3) is 0.250. The van der Waals surface area contributed by atoms with E-state index in [1.165, 1.54) is 0 Å². The molecule has 0 amide bonds. The second kappa shape index (κ2) is 6.89. The Bertz CT molecular complexity index is 977. The molecular weight excluding hydrogens is 316 g/mol. The molecule has 0 spiro atoms. The van der Waals surface area contributed by atoms with Gasteiger partial charge in [0.2, 0.25) is 0 Å². The highest BCUT2D eigenvalue weighted by Crippen LogP contribution is 2.29. The van der Waals surface area contributed by atoms with Crippen molar-refractivity contribution in [3.05, 3.63) is 63.4 Å². The van der Waals surface area contributed by atoms with Gasteiger partial charge in [0.05, 0.1) is 19.9 Å². The Morgan fingerprint density at radius 1 is 1.04 bits per heavy atom. The largest absolute Gasteiger partial charge is 0.497 e. The van der Waals surface area contributed by atoms with E-state index < -0.39 is 0 Å². The molecule has 0 saturated heterocycles. The lowest BCUT2D eigenvalue weighted by molar-refractivity contribution is 0.395. The van der Waals surface area contributed by atoms with Crippen molar-refractivity contribution in [2.75, 3.05) is 19.5 Å². The Labute approximate surface area is 146 Å². The van der Waals surface area contributed by atoms with Crippen LogP contribution in [-0.4, -0.2) is 19.2 Å². The summed E-state index contributed by atoms with van der Waals surface area (Å²) >= 11 is 0. The van der Waals surface area contributed by atoms with Crippen molar-refractivity contribution in [2.45, 2.75) is 20.4 Å². The number of H-pyrrole nitrogens is 1. The quantitative estimate of drug-likeness (QED) is 0.743. The zero-order valence-electron chi connectivity index (χ0n) is 14.9. The smallest absolute Gasteiger partial charge is 0.253 e. The van der Waals surface area contributed by atoms with Gasteiger partial charge in [-0.2, -0.15) is 0 Å². The molecule has 0 aliphatic carbocycles. The topological polar surface area (TPSA) is 63.3 Å². The monoisotopic (exact) mass is 338 g/mol. The SMILES string of the molecule is COc1ccc(NCc2cc3c(C)cc(C)cc3[nH]c2=O)c(OC)c1. The van der Waals surface area contributed by atoms with Crippen LogP contribution in [0, 0.1) is 13.8 Å². The minimum Gasteiger partial charge on any atom is -0.497 e. The molecule has 130 valence electrons. The summed E-state index contributed by atoms with van der Waals surface area (Å²) in [6.07, 6.45) is 0. The fourth-order valence-electron chi connectivity index (χ4n) is 2.98. The van der Waals surface area contributed by atoms with Crippen LogP contribution >= 0.6 is 0 Å². The van der Waals surface area contributed by atoms with E-state index in [1.807, 2.05) is 31.2 Å². The Morgan fingerprint density at radius 2 is 1.84 bits per heavy atom. The number of anilines is 1. The summed E-state index contributed by atoms with van der Waals surface area (Å²) in [5.41, 5.74) is 4.55. The summed E-state index contributed by atoms with van der Waals surface area (Å²) in [4.78, 5) is 15.4. The summed E-state index contributed by atoms with van der Waals surface area (Å²) in [6.45, 7) is 4.48. The highest BCUT2D eigenvalue weighted by atomic mass is 16.5. The molecule has 0 aliphatic heterocycles. The Morgan fingerprint density at radius 3 is 2.56 bits per heavy atom. The number of pyridine rings is 1. The lowest BCUT2D eigenvalue weighted by Crippen LogP contribution is -2.16. The number of methoxy groups -OCH3 is 2. The number of hydrogen-bond acceptors (Lipinski definition) is 4. The van der Waals surface area contributed by atoms with Gasteiger partial charge in [0.15, 0.2) is 0 Å². The number of nitrogens with one attached hydrogen (secondary N) is 2. The van der Waals surface area contributed by atoms with E-state index in [2.05, 4.69) is 23.3 Å². The van der Waals surface area contributed by atoms with Crippen LogP contribution < -0.4 is 20.3 Å². The van der Waals surface area contributed by atoms with E-state index in [1.54, 1.807) is 20.3 Å². The van der Waals surface area contributed by atoms with Crippen LogP contribution in [0.15, 0.2) is 41.2 Å². The summed E-state index contributed by atoms with van der Waals surface area (Å²) in [5, 5.41) is 4.33. The van der Waals surface area contributed by atoms with Gasteiger partial charge in [0, 0.05) is 29.1 Å². The van der Waals surface area contributed by atoms with Crippen LogP contribution in [0.25, 0.3) is 10.9 Å². The molecule has 1 heterocycles. The maximum absolute atomic E-state index is 12.4. The van der Waals surface area contributed by atoms with Gasteiger partial charge in [0.25, 0.3) is 5.56 Å². The zero-order chi connectivity index (χ0) is 18.0. The number of aryl methyl sites for hydroxylation is 2. The summed E-state index contributed by atoms with van der Waals surface area (Å²) < 4.78 is 10.6. The molecule has 0 saturated carbocycles. The van der Waals surface area contributed by atoms with Crippen molar-refractivity contribution in [3.63, 3.8) is 0 Å². The minimum absolute atomic E-state index is 0.0857. The van der Waals surface area contributed by atoms with E-state index >= 15 is 0 Å². The molecular formula is C20H22N2O3. The first-order valence-corrected chi connectivity index (χ1v) is 8.11. The number of fused-ring (bicyclic) bond motifs is 1. The molecule has 3 aromatic rings. The number of hydrogen-bond donors (Lipinski definition) is 2. The number of aromatic nitrogens is 1. The molecule has 2 aromatic carbocycles. The van der Waals surface area contributed by atoms with Gasteiger partial charge >= 0.3 is 0 Å². The van der Waals surface area contributed by atoms with Crippen LogP contribution in [0.2, 0.25) is 0 Å². The van der Waals surface area contributed by atoms with Crippen LogP contribution in [0.3, 0.4) is 0 Å². The van der Waals surface area contributed by atoms with Crippen molar-refractivity contribution < 1.29 is 9.47 Å². The van der Waals surface area contributed by atoms with Crippen molar-refractivity contribution in [1.82, 2.24) is 4.98 Å². The van der Waals surface area contributed by atoms with Gasteiger partial charge in [-0.05, 0) is 49.2 Å². The van der Waals surface area contributed by atoms with Gasteiger partial charge in [-0.25, -0.2) is 0 Å². The summed E-state index contributed by atoms with van der Waals surface area (Å²) in [6, 6.07) is 11.6. The van der Waals surface area contributed by atoms with E-state index in [9.17, 15) is 4.79 Å². The Balaban J connectivity index is 1.91. The molecule has 25 heavy (non-hydrogen) atoms. The van der Waals surface area contributed by atoms with Crippen molar-refractivity contribution in [1.29, 1.82) is 0 Å². The molecule has 5 heteroatoms. The van der Waals surface area contributed by atoms with Gasteiger partial charge in [-0.3, -0.25) is 4.79 Å². The zero-order valence-corrected chi connectivity index (χ0v) is 14.9. The normalized spacial score (nSPS) is 10.7. The highest BCUT2D eigenvalue weighted by Gasteiger charge is 2.08. The van der Waals surface area contributed by atoms with Crippen LogP contribution in [0.4, 0.5) is 5.69 Å². The predicted molar refractivity (Wildman–Crippen MR) is 101 cm³/mol. The molecule has 0 fully saturated rings. The average Bonchev–Trinajstić information content (AvgIpc) is 2.59. The van der Waals surface area contributed by atoms with Gasteiger partial charge in [-0.1, -0.05) is 6.07 Å².